The Morgan fingerprint density at radius 1 is 1.33 bits per heavy atom. The van der Waals surface area contributed by atoms with Gasteiger partial charge in [-0.15, -0.1) is 5.10 Å². The molecule has 0 aliphatic carbocycles. The van der Waals surface area contributed by atoms with Gasteiger partial charge in [-0.2, -0.15) is 0 Å². The lowest BCUT2D eigenvalue weighted by molar-refractivity contribution is -0.136. The Bertz CT molecular complexity index is 936. The van der Waals surface area contributed by atoms with Crippen LogP contribution in [0.15, 0.2) is 24.4 Å². The van der Waals surface area contributed by atoms with E-state index in [1.165, 1.54) is 4.90 Å². The molecule has 2 unspecified atom stereocenters. The lowest BCUT2D eigenvalue weighted by atomic mass is 10.0. The minimum atomic E-state index is -0.630. The number of rotatable bonds is 4. The maximum absolute atomic E-state index is 12.8. The van der Waals surface area contributed by atoms with Gasteiger partial charge in [0.2, 0.25) is 11.8 Å². The van der Waals surface area contributed by atoms with Crippen molar-refractivity contribution in [3.8, 4) is 5.69 Å². The highest BCUT2D eigenvalue weighted by Crippen LogP contribution is 2.29. The molecule has 2 atom stereocenters. The highest BCUT2D eigenvalue weighted by Gasteiger charge is 2.39. The maximum Gasteiger partial charge on any atom is 0.255 e. The number of benzene rings is 1. The number of imide groups is 1. The summed E-state index contributed by atoms with van der Waals surface area (Å²) in [4.78, 5) is 37.8. The number of hydrogen-bond donors (Lipinski definition) is 2. The summed E-state index contributed by atoms with van der Waals surface area (Å²) in [5, 5.41) is 19.8. The first kappa shape index (κ1) is 17.3. The second-order valence-corrected chi connectivity index (χ2v) is 6.95. The molecular formula is C18H19N5O4. The summed E-state index contributed by atoms with van der Waals surface area (Å²) < 4.78 is 1.56. The number of fused-ring (bicyclic) bond motifs is 1. The molecule has 0 radical (unpaired) electrons. The Hall–Kier alpha value is -3.07. The van der Waals surface area contributed by atoms with Crippen molar-refractivity contribution in [2.75, 3.05) is 0 Å². The van der Waals surface area contributed by atoms with Crippen LogP contribution in [0.4, 0.5) is 0 Å². The number of carbonyl (C=O) groups excluding carboxylic acids is 3. The fourth-order valence-corrected chi connectivity index (χ4v) is 3.51. The highest BCUT2D eigenvalue weighted by molar-refractivity contribution is 6.05. The molecule has 0 saturated carbocycles. The summed E-state index contributed by atoms with van der Waals surface area (Å²) in [6.07, 6.45) is 2.16. The van der Waals surface area contributed by atoms with Crippen molar-refractivity contribution in [1.29, 1.82) is 0 Å². The first-order chi connectivity index (χ1) is 12.9. The van der Waals surface area contributed by atoms with E-state index in [-0.39, 0.29) is 18.2 Å². The molecule has 3 heterocycles. The smallest absolute Gasteiger partial charge is 0.255 e. The fourth-order valence-electron chi connectivity index (χ4n) is 3.51. The molecule has 1 aromatic heterocycles. The molecule has 2 N–H and O–H groups in total. The van der Waals surface area contributed by atoms with Crippen LogP contribution in [0, 0.1) is 0 Å². The van der Waals surface area contributed by atoms with Crippen LogP contribution in [0.3, 0.4) is 0 Å². The molecular weight excluding hydrogens is 350 g/mol. The minimum absolute atomic E-state index is 0.229. The van der Waals surface area contributed by atoms with Gasteiger partial charge < -0.3 is 10.0 Å². The molecule has 1 aromatic carbocycles. The zero-order valence-electron chi connectivity index (χ0n) is 14.8. The van der Waals surface area contributed by atoms with Crippen LogP contribution >= 0.6 is 0 Å². The Morgan fingerprint density at radius 3 is 2.89 bits per heavy atom. The van der Waals surface area contributed by atoms with Crippen molar-refractivity contribution in [1.82, 2.24) is 25.2 Å². The van der Waals surface area contributed by atoms with Crippen LogP contribution in [0.2, 0.25) is 0 Å². The van der Waals surface area contributed by atoms with Gasteiger partial charge in [0.15, 0.2) is 0 Å². The number of aromatic nitrogens is 3. The Kier molecular flexibility index (Phi) is 4.23. The van der Waals surface area contributed by atoms with E-state index < -0.39 is 18.1 Å². The third-order valence-electron chi connectivity index (χ3n) is 4.82. The maximum atomic E-state index is 12.8. The molecule has 1 fully saturated rings. The molecule has 4 rings (SSSR count). The standard InChI is InChI=1S/C18H19N5O4/c1-10(24)6-12-9-23(21-20-12)13-3-2-11-8-22(18(27)14(11)7-13)15-4-5-16(25)19-17(15)26/h2-3,7,9-10,15,24H,4-6,8H2,1H3,(H,19,25,26). The number of amides is 3. The predicted octanol–water partition coefficient (Wildman–Crippen LogP) is -0.0484. The van der Waals surface area contributed by atoms with Crippen LogP contribution in [-0.2, 0) is 22.6 Å². The van der Waals surface area contributed by atoms with Crippen molar-refractivity contribution in [3.05, 3.63) is 41.2 Å². The van der Waals surface area contributed by atoms with Crippen LogP contribution in [0.25, 0.3) is 5.69 Å². The number of nitrogens with zero attached hydrogens (tertiary/aromatic N) is 4. The summed E-state index contributed by atoms with van der Waals surface area (Å²) in [5.74, 6) is -0.959. The summed E-state index contributed by atoms with van der Waals surface area (Å²) in [7, 11) is 0. The van der Waals surface area contributed by atoms with Crippen molar-refractivity contribution < 1.29 is 19.5 Å². The summed E-state index contributed by atoms with van der Waals surface area (Å²) in [6, 6.07) is 4.77. The summed E-state index contributed by atoms with van der Waals surface area (Å²) in [5.41, 5.74) is 2.68. The molecule has 0 spiro atoms. The van der Waals surface area contributed by atoms with Gasteiger partial charge in [0.05, 0.1) is 23.7 Å². The fraction of sp³-hybridized carbons (Fsp3) is 0.389. The summed E-state index contributed by atoms with van der Waals surface area (Å²) >= 11 is 0. The van der Waals surface area contributed by atoms with E-state index >= 15 is 0 Å². The van der Waals surface area contributed by atoms with Crippen LogP contribution < -0.4 is 5.32 Å². The van der Waals surface area contributed by atoms with Crippen LogP contribution in [0.1, 0.15) is 41.4 Å². The Balaban J connectivity index is 1.57. The normalized spacial score (nSPS) is 20.6. The van der Waals surface area contributed by atoms with Gasteiger partial charge in [-0.05, 0) is 31.0 Å². The van der Waals surface area contributed by atoms with Gasteiger partial charge >= 0.3 is 0 Å². The SMILES string of the molecule is CC(O)Cc1cn(-c2ccc3c(c2)C(=O)N(C2CCC(=O)NC2=O)C3)nn1. The van der Waals surface area contributed by atoms with Crippen molar-refractivity contribution in [2.24, 2.45) is 0 Å². The molecule has 9 nitrogen and oxygen atoms in total. The predicted molar refractivity (Wildman–Crippen MR) is 92.8 cm³/mol. The number of piperidine rings is 1. The molecule has 3 amide bonds. The average molecular weight is 369 g/mol. The minimum Gasteiger partial charge on any atom is -0.393 e. The van der Waals surface area contributed by atoms with E-state index in [4.69, 9.17) is 0 Å². The van der Waals surface area contributed by atoms with Crippen LogP contribution in [0.5, 0.6) is 0 Å². The van der Waals surface area contributed by atoms with E-state index in [0.717, 1.165) is 5.56 Å². The van der Waals surface area contributed by atoms with Gasteiger partial charge in [0.1, 0.15) is 6.04 Å². The zero-order chi connectivity index (χ0) is 19.1. The molecule has 27 heavy (non-hydrogen) atoms. The van der Waals surface area contributed by atoms with Crippen molar-refractivity contribution >= 4 is 17.7 Å². The number of nitrogens with one attached hydrogen (secondary N) is 1. The third kappa shape index (κ3) is 3.21. The van der Waals surface area contributed by atoms with E-state index in [1.54, 1.807) is 23.9 Å². The van der Waals surface area contributed by atoms with Crippen molar-refractivity contribution in [2.45, 2.75) is 44.9 Å². The van der Waals surface area contributed by atoms with E-state index in [9.17, 15) is 19.5 Å². The van der Waals surface area contributed by atoms with E-state index in [1.807, 2.05) is 12.1 Å². The number of carbonyl (C=O) groups is 3. The second-order valence-electron chi connectivity index (χ2n) is 6.95. The zero-order valence-corrected chi connectivity index (χ0v) is 14.8. The lowest BCUT2D eigenvalue weighted by Gasteiger charge is -2.29. The monoisotopic (exact) mass is 369 g/mol. The molecule has 9 heteroatoms. The van der Waals surface area contributed by atoms with E-state index in [2.05, 4.69) is 15.6 Å². The molecule has 0 bridgehead atoms. The molecule has 140 valence electrons. The van der Waals surface area contributed by atoms with Gasteiger partial charge in [0.25, 0.3) is 5.91 Å². The quantitative estimate of drug-likeness (QED) is 0.730. The Labute approximate surface area is 155 Å². The third-order valence-corrected chi connectivity index (χ3v) is 4.82. The molecule has 2 aliphatic heterocycles. The van der Waals surface area contributed by atoms with Gasteiger partial charge in [-0.1, -0.05) is 11.3 Å². The molecule has 1 saturated heterocycles. The topological polar surface area (TPSA) is 117 Å². The number of aliphatic hydroxyl groups excluding tert-OH is 1. The van der Waals surface area contributed by atoms with Crippen molar-refractivity contribution in [3.63, 3.8) is 0 Å². The summed E-state index contributed by atoms with van der Waals surface area (Å²) in [6.45, 7) is 2.02. The number of hydrogen-bond acceptors (Lipinski definition) is 6. The molecule has 2 aliphatic rings. The molecule has 2 aromatic rings. The van der Waals surface area contributed by atoms with Gasteiger partial charge in [-0.25, -0.2) is 4.68 Å². The number of aliphatic hydroxyl groups is 1. The Morgan fingerprint density at radius 2 is 2.15 bits per heavy atom. The first-order valence-corrected chi connectivity index (χ1v) is 8.79. The highest BCUT2D eigenvalue weighted by atomic mass is 16.3. The van der Waals surface area contributed by atoms with Gasteiger partial charge in [0, 0.05) is 24.9 Å². The van der Waals surface area contributed by atoms with Crippen LogP contribution in [-0.4, -0.2) is 54.9 Å². The average Bonchev–Trinajstić information content (AvgIpc) is 3.19. The lowest BCUT2D eigenvalue weighted by Crippen LogP contribution is -2.52. The van der Waals surface area contributed by atoms with Gasteiger partial charge in [-0.3, -0.25) is 19.7 Å². The second kappa shape index (κ2) is 6.58. The first-order valence-electron chi connectivity index (χ1n) is 8.79. The van der Waals surface area contributed by atoms with E-state index in [0.29, 0.717) is 36.3 Å². The largest absolute Gasteiger partial charge is 0.393 e.